The smallest absolute Gasteiger partial charge is 0.0872 e. The number of nitrogens with zero attached hydrogens (tertiary/aromatic N) is 1. The average molecular weight is 120 g/mol. The van der Waals surface area contributed by atoms with E-state index in [4.69, 9.17) is 0 Å². The highest BCUT2D eigenvalue weighted by Crippen LogP contribution is 1.99. The van der Waals surface area contributed by atoms with Crippen molar-refractivity contribution in [1.82, 2.24) is 5.32 Å². The highest BCUT2D eigenvalue weighted by atomic mass is 14.9. The van der Waals surface area contributed by atoms with Crippen molar-refractivity contribution in [3.8, 4) is 0 Å². The van der Waals surface area contributed by atoms with Crippen molar-refractivity contribution >= 4 is 5.71 Å². The molecule has 0 saturated carbocycles. The zero-order valence-electron chi connectivity index (χ0n) is 5.09. The van der Waals surface area contributed by atoms with Crippen LogP contribution in [0.2, 0.25) is 0 Å². The molecule has 0 saturated heterocycles. The number of rotatable bonds is 1. The predicted molar refractivity (Wildman–Crippen MR) is 39.0 cm³/mol. The van der Waals surface area contributed by atoms with Crippen molar-refractivity contribution in [3.63, 3.8) is 0 Å². The molecule has 0 aromatic rings. The Morgan fingerprint density at radius 1 is 1.67 bits per heavy atom. The lowest BCUT2D eigenvalue weighted by Gasteiger charge is -1.92. The molecule has 0 radical (unpaired) electrons. The van der Waals surface area contributed by atoms with E-state index in [0.29, 0.717) is 0 Å². The molecule has 2 nitrogen and oxygen atoms in total. The van der Waals surface area contributed by atoms with Crippen LogP contribution in [0.15, 0.2) is 42.3 Å². The largest absolute Gasteiger partial charge is 0.360 e. The monoisotopic (exact) mass is 120 g/mol. The Kier molecular flexibility index (Phi) is 1.49. The van der Waals surface area contributed by atoms with Gasteiger partial charge in [-0.25, -0.2) is 0 Å². The van der Waals surface area contributed by atoms with Gasteiger partial charge >= 0.3 is 0 Å². The van der Waals surface area contributed by atoms with Crippen molar-refractivity contribution in [1.29, 1.82) is 0 Å². The Labute approximate surface area is 54.3 Å². The number of aliphatic imine (C=N–C) groups is 1. The Balaban J connectivity index is 2.81. The minimum Gasteiger partial charge on any atom is -0.360 e. The van der Waals surface area contributed by atoms with Gasteiger partial charge < -0.3 is 5.32 Å². The highest BCUT2D eigenvalue weighted by Gasteiger charge is 2.02. The standard InChI is InChI=1S/C7H8N2/c1-3-8-7-4-5-9-6(7)2/h3-5,9H,1-2H2. The van der Waals surface area contributed by atoms with Gasteiger partial charge in [-0.15, -0.1) is 0 Å². The topological polar surface area (TPSA) is 24.4 Å². The van der Waals surface area contributed by atoms with Gasteiger partial charge in [-0.2, -0.15) is 0 Å². The lowest BCUT2D eigenvalue weighted by atomic mass is 10.3. The van der Waals surface area contributed by atoms with E-state index in [-0.39, 0.29) is 0 Å². The van der Waals surface area contributed by atoms with Gasteiger partial charge in [0.15, 0.2) is 0 Å². The second-order valence-electron chi connectivity index (χ2n) is 1.65. The van der Waals surface area contributed by atoms with E-state index < -0.39 is 0 Å². The van der Waals surface area contributed by atoms with Gasteiger partial charge in [-0.05, 0) is 6.08 Å². The Hall–Kier alpha value is -1.31. The molecule has 1 aliphatic rings. The molecule has 1 rings (SSSR count). The molecule has 0 spiro atoms. The fourth-order valence-electron chi connectivity index (χ4n) is 0.615. The van der Waals surface area contributed by atoms with Crippen LogP contribution in [-0.2, 0) is 0 Å². The van der Waals surface area contributed by atoms with E-state index in [1.54, 1.807) is 6.20 Å². The molecule has 1 N–H and O–H groups in total. The van der Waals surface area contributed by atoms with E-state index in [0.717, 1.165) is 11.4 Å². The average Bonchev–Trinajstić information content (AvgIpc) is 2.18. The second kappa shape index (κ2) is 2.31. The summed E-state index contributed by atoms with van der Waals surface area (Å²) in [6.07, 6.45) is 5.15. The number of hydrogen-bond donors (Lipinski definition) is 1. The van der Waals surface area contributed by atoms with Crippen LogP contribution in [-0.4, -0.2) is 5.71 Å². The summed E-state index contributed by atoms with van der Waals surface area (Å²) >= 11 is 0. The molecule has 0 aromatic heterocycles. The van der Waals surface area contributed by atoms with E-state index in [9.17, 15) is 0 Å². The third kappa shape index (κ3) is 1.08. The fraction of sp³-hybridized carbons (Fsp3) is 0. The fourth-order valence-corrected chi connectivity index (χ4v) is 0.615. The molecule has 46 valence electrons. The van der Waals surface area contributed by atoms with E-state index >= 15 is 0 Å². The summed E-state index contributed by atoms with van der Waals surface area (Å²) in [4.78, 5) is 3.94. The number of allylic oxidation sites excluding steroid dienone is 1. The quantitative estimate of drug-likeness (QED) is 0.552. The maximum absolute atomic E-state index is 3.94. The van der Waals surface area contributed by atoms with Crippen molar-refractivity contribution in [2.45, 2.75) is 0 Å². The van der Waals surface area contributed by atoms with E-state index in [2.05, 4.69) is 23.5 Å². The predicted octanol–water partition coefficient (Wildman–Crippen LogP) is 1.20. The van der Waals surface area contributed by atoms with Crippen LogP contribution in [0.25, 0.3) is 0 Å². The molecule has 0 bridgehead atoms. The van der Waals surface area contributed by atoms with Crippen LogP contribution in [0, 0.1) is 0 Å². The maximum Gasteiger partial charge on any atom is 0.0872 e. The summed E-state index contributed by atoms with van der Waals surface area (Å²) in [7, 11) is 0. The molecule has 0 unspecified atom stereocenters. The van der Waals surface area contributed by atoms with Crippen molar-refractivity contribution in [3.05, 3.63) is 37.3 Å². The molecular formula is C7H8N2. The van der Waals surface area contributed by atoms with Crippen LogP contribution in [0.4, 0.5) is 0 Å². The first-order valence-electron chi connectivity index (χ1n) is 2.65. The Morgan fingerprint density at radius 2 is 2.44 bits per heavy atom. The van der Waals surface area contributed by atoms with Crippen LogP contribution in [0.3, 0.4) is 0 Å². The summed E-state index contributed by atoms with van der Waals surface area (Å²) in [5, 5.41) is 2.90. The minimum absolute atomic E-state index is 0.829. The molecule has 0 atom stereocenters. The van der Waals surface area contributed by atoms with Crippen molar-refractivity contribution in [2.75, 3.05) is 0 Å². The molecule has 0 fully saturated rings. The number of nitrogens with one attached hydrogen (secondary N) is 1. The van der Waals surface area contributed by atoms with Gasteiger partial charge in [-0.1, -0.05) is 13.2 Å². The van der Waals surface area contributed by atoms with E-state index in [1.165, 1.54) is 6.20 Å². The first-order valence-corrected chi connectivity index (χ1v) is 2.65. The molecule has 1 aliphatic heterocycles. The van der Waals surface area contributed by atoms with E-state index in [1.807, 2.05) is 6.08 Å². The zero-order valence-corrected chi connectivity index (χ0v) is 5.09. The Morgan fingerprint density at radius 3 is 2.89 bits per heavy atom. The summed E-state index contributed by atoms with van der Waals surface area (Å²) in [6, 6.07) is 0. The lowest BCUT2D eigenvalue weighted by Crippen LogP contribution is -2.02. The van der Waals surface area contributed by atoms with Crippen molar-refractivity contribution < 1.29 is 0 Å². The second-order valence-corrected chi connectivity index (χ2v) is 1.65. The minimum atomic E-state index is 0.829. The highest BCUT2D eigenvalue weighted by molar-refractivity contribution is 6.09. The number of hydrogen-bond acceptors (Lipinski definition) is 2. The Bertz CT molecular complexity index is 199. The SMILES string of the molecule is C=CN=C1C=CNC1=C. The first-order chi connectivity index (χ1) is 4.34. The van der Waals surface area contributed by atoms with Gasteiger partial charge in [0.1, 0.15) is 0 Å². The molecular weight excluding hydrogens is 112 g/mol. The van der Waals surface area contributed by atoms with Crippen LogP contribution >= 0.6 is 0 Å². The summed E-state index contributed by atoms with van der Waals surface area (Å²) in [6.45, 7) is 7.17. The van der Waals surface area contributed by atoms with Crippen LogP contribution < -0.4 is 5.32 Å². The van der Waals surface area contributed by atoms with Gasteiger partial charge in [0.25, 0.3) is 0 Å². The summed E-state index contributed by atoms with van der Waals surface area (Å²) in [5.41, 5.74) is 1.68. The summed E-state index contributed by atoms with van der Waals surface area (Å²) in [5.74, 6) is 0. The molecule has 0 aromatic carbocycles. The molecule has 2 heteroatoms. The molecule has 9 heavy (non-hydrogen) atoms. The third-order valence-corrected chi connectivity index (χ3v) is 1.04. The lowest BCUT2D eigenvalue weighted by molar-refractivity contribution is 1.18. The van der Waals surface area contributed by atoms with Crippen molar-refractivity contribution in [2.24, 2.45) is 4.99 Å². The van der Waals surface area contributed by atoms with Crippen LogP contribution in [0.5, 0.6) is 0 Å². The van der Waals surface area contributed by atoms with Gasteiger partial charge in [0.2, 0.25) is 0 Å². The summed E-state index contributed by atoms with van der Waals surface area (Å²) < 4.78 is 0. The van der Waals surface area contributed by atoms with Crippen LogP contribution in [0.1, 0.15) is 0 Å². The third-order valence-electron chi connectivity index (χ3n) is 1.04. The maximum atomic E-state index is 3.94. The normalized spacial score (nSPS) is 20.4. The van der Waals surface area contributed by atoms with Gasteiger partial charge in [0.05, 0.1) is 11.4 Å². The van der Waals surface area contributed by atoms with Gasteiger partial charge in [0, 0.05) is 12.4 Å². The molecule has 0 amide bonds. The van der Waals surface area contributed by atoms with Gasteiger partial charge in [-0.3, -0.25) is 4.99 Å². The first kappa shape index (κ1) is 5.82. The molecule has 1 heterocycles. The molecule has 0 aliphatic carbocycles. The zero-order chi connectivity index (χ0) is 6.69.